The molecule has 6 heteroatoms. The van der Waals surface area contributed by atoms with Gasteiger partial charge in [0.2, 0.25) is 11.8 Å². The highest BCUT2D eigenvalue weighted by atomic mass is 16.5. The summed E-state index contributed by atoms with van der Waals surface area (Å²) in [6, 6.07) is 11.5. The Morgan fingerprint density at radius 1 is 1.04 bits per heavy atom. The Kier molecular flexibility index (Phi) is 8.12. The molecule has 0 saturated carbocycles. The monoisotopic (exact) mass is 355 g/mol. The molecule has 0 bridgehead atoms. The van der Waals surface area contributed by atoms with Gasteiger partial charge in [0.15, 0.2) is 0 Å². The first-order valence-corrected chi connectivity index (χ1v) is 8.76. The molecule has 138 valence electrons. The second kappa shape index (κ2) is 10.9. The number of aromatic nitrogens is 1. The molecule has 0 unspecified atom stereocenters. The Hall–Kier alpha value is -2.89. The van der Waals surface area contributed by atoms with Crippen molar-refractivity contribution in [3.63, 3.8) is 0 Å². The highest BCUT2D eigenvalue weighted by Gasteiger charge is 2.05. The first-order valence-electron chi connectivity index (χ1n) is 8.76. The van der Waals surface area contributed by atoms with Gasteiger partial charge in [-0.3, -0.25) is 14.6 Å². The highest BCUT2D eigenvalue weighted by Crippen LogP contribution is 2.16. The van der Waals surface area contributed by atoms with Gasteiger partial charge in [-0.15, -0.1) is 0 Å². The zero-order valence-corrected chi connectivity index (χ0v) is 15.0. The van der Waals surface area contributed by atoms with Crippen molar-refractivity contribution in [1.82, 2.24) is 15.6 Å². The topological polar surface area (TPSA) is 80.3 Å². The Balaban J connectivity index is 1.52. The van der Waals surface area contributed by atoms with Crippen molar-refractivity contribution >= 4 is 11.8 Å². The Bertz CT molecular complexity index is 704. The molecule has 6 nitrogen and oxygen atoms in total. The number of nitrogens with zero attached hydrogens (tertiary/aromatic N) is 1. The van der Waals surface area contributed by atoms with Gasteiger partial charge >= 0.3 is 0 Å². The third kappa shape index (κ3) is 7.34. The van der Waals surface area contributed by atoms with Crippen LogP contribution in [0, 0.1) is 6.92 Å². The number of benzene rings is 1. The summed E-state index contributed by atoms with van der Waals surface area (Å²) in [5.41, 5.74) is 2.02. The number of pyridine rings is 1. The lowest BCUT2D eigenvalue weighted by molar-refractivity contribution is -0.122. The SMILES string of the molecule is Cc1ccccc1OCCCC(=O)NCCC(=O)NCc1cccnc1. The average molecular weight is 355 g/mol. The predicted molar refractivity (Wildman–Crippen MR) is 99.6 cm³/mol. The number of hydrogen-bond acceptors (Lipinski definition) is 4. The Labute approximate surface area is 154 Å². The lowest BCUT2D eigenvalue weighted by Crippen LogP contribution is -2.30. The third-order valence-corrected chi connectivity index (χ3v) is 3.79. The summed E-state index contributed by atoms with van der Waals surface area (Å²) < 4.78 is 5.65. The first-order chi connectivity index (χ1) is 12.6. The van der Waals surface area contributed by atoms with Crippen molar-refractivity contribution in [1.29, 1.82) is 0 Å². The van der Waals surface area contributed by atoms with Crippen molar-refractivity contribution in [2.75, 3.05) is 13.2 Å². The van der Waals surface area contributed by atoms with E-state index in [1.165, 1.54) is 0 Å². The molecule has 0 radical (unpaired) electrons. The molecule has 0 aliphatic carbocycles. The predicted octanol–water partition coefficient (Wildman–Crippen LogP) is 2.37. The van der Waals surface area contributed by atoms with Crippen LogP contribution in [0.5, 0.6) is 5.75 Å². The van der Waals surface area contributed by atoms with Gasteiger partial charge in [-0.2, -0.15) is 0 Å². The number of rotatable bonds is 10. The van der Waals surface area contributed by atoms with E-state index < -0.39 is 0 Å². The number of amides is 2. The van der Waals surface area contributed by atoms with Crippen molar-refractivity contribution in [2.24, 2.45) is 0 Å². The van der Waals surface area contributed by atoms with Crippen molar-refractivity contribution in [2.45, 2.75) is 32.7 Å². The molecule has 0 spiro atoms. The van der Waals surface area contributed by atoms with Gasteiger partial charge < -0.3 is 15.4 Å². The molecule has 0 aliphatic rings. The standard InChI is InChI=1S/C20H25N3O3/c1-16-6-2-3-8-18(16)26-13-5-9-19(24)22-12-10-20(25)23-15-17-7-4-11-21-14-17/h2-4,6-8,11,14H,5,9-10,12-13,15H2,1H3,(H,22,24)(H,23,25). The number of ether oxygens (including phenoxy) is 1. The summed E-state index contributed by atoms with van der Waals surface area (Å²) in [5, 5.41) is 5.55. The minimum atomic E-state index is -0.1000. The van der Waals surface area contributed by atoms with Crippen LogP contribution < -0.4 is 15.4 Å². The quantitative estimate of drug-likeness (QED) is 0.641. The summed E-state index contributed by atoms with van der Waals surface area (Å²) in [6.45, 7) is 3.25. The van der Waals surface area contributed by atoms with Crippen LogP contribution in [0.15, 0.2) is 48.8 Å². The fourth-order valence-corrected chi connectivity index (χ4v) is 2.33. The van der Waals surface area contributed by atoms with Crippen LogP contribution in [-0.4, -0.2) is 29.9 Å². The minimum Gasteiger partial charge on any atom is -0.493 e. The van der Waals surface area contributed by atoms with Gasteiger partial charge in [0.25, 0.3) is 0 Å². The zero-order valence-electron chi connectivity index (χ0n) is 15.0. The fraction of sp³-hybridized carbons (Fsp3) is 0.350. The van der Waals surface area contributed by atoms with Crippen LogP contribution in [0.3, 0.4) is 0 Å². The molecule has 1 heterocycles. The molecule has 0 fully saturated rings. The van der Waals surface area contributed by atoms with E-state index in [4.69, 9.17) is 4.74 Å². The van der Waals surface area contributed by atoms with Gasteiger partial charge in [-0.05, 0) is 36.6 Å². The molecule has 0 saturated heterocycles. The minimum absolute atomic E-state index is 0.0709. The molecular weight excluding hydrogens is 330 g/mol. The molecule has 26 heavy (non-hydrogen) atoms. The molecule has 0 atom stereocenters. The third-order valence-electron chi connectivity index (χ3n) is 3.79. The Morgan fingerprint density at radius 3 is 2.62 bits per heavy atom. The van der Waals surface area contributed by atoms with Crippen LogP contribution in [0.4, 0.5) is 0 Å². The van der Waals surface area contributed by atoms with E-state index in [1.54, 1.807) is 12.4 Å². The number of para-hydroxylation sites is 1. The van der Waals surface area contributed by atoms with Crippen LogP contribution in [0.25, 0.3) is 0 Å². The van der Waals surface area contributed by atoms with Crippen LogP contribution in [0.1, 0.15) is 30.4 Å². The smallest absolute Gasteiger partial charge is 0.222 e. The maximum Gasteiger partial charge on any atom is 0.222 e. The van der Waals surface area contributed by atoms with Crippen molar-refractivity contribution in [3.8, 4) is 5.75 Å². The number of hydrogen-bond donors (Lipinski definition) is 2. The van der Waals surface area contributed by atoms with Gasteiger partial charge in [0.1, 0.15) is 5.75 Å². The first kappa shape index (κ1) is 19.4. The van der Waals surface area contributed by atoms with E-state index in [9.17, 15) is 9.59 Å². The van der Waals surface area contributed by atoms with E-state index in [2.05, 4.69) is 15.6 Å². The van der Waals surface area contributed by atoms with Gasteiger partial charge in [-0.1, -0.05) is 24.3 Å². The van der Waals surface area contributed by atoms with Crippen molar-refractivity contribution < 1.29 is 14.3 Å². The van der Waals surface area contributed by atoms with Gasteiger partial charge in [0, 0.05) is 38.3 Å². The van der Waals surface area contributed by atoms with Gasteiger partial charge in [0.05, 0.1) is 6.61 Å². The average Bonchev–Trinajstić information content (AvgIpc) is 2.66. The molecule has 2 rings (SSSR count). The molecule has 2 N–H and O–H groups in total. The molecule has 2 amide bonds. The number of nitrogens with one attached hydrogen (secondary N) is 2. The molecule has 1 aromatic carbocycles. The maximum atomic E-state index is 11.8. The van der Waals surface area contributed by atoms with E-state index in [-0.39, 0.29) is 18.2 Å². The molecule has 0 aliphatic heterocycles. The number of carbonyl (C=O) groups excluding carboxylic acids is 2. The normalized spacial score (nSPS) is 10.2. The van der Waals surface area contributed by atoms with E-state index in [1.807, 2.05) is 43.3 Å². The molecular formula is C20H25N3O3. The summed E-state index contributed by atoms with van der Waals surface area (Å²) in [5.74, 6) is 0.675. The largest absolute Gasteiger partial charge is 0.493 e. The zero-order chi connectivity index (χ0) is 18.6. The lowest BCUT2D eigenvalue weighted by Gasteiger charge is -2.09. The summed E-state index contributed by atoms with van der Waals surface area (Å²) in [4.78, 5) is 27.5. The molecule has 2 aromatic rings. The van der Waals surface area contributed by atoms with Crippen LogP contribution in [0.2, 0.25) is 0 Å². The maximum absolute atomic E-state index is 11.8. The van der Waals surface area contributed by atoms with E-state index in [0.29, 0.717) is 32.5 Å². The van der Waals surface area contributed by atoms with Crippen LogP contribution >= 0.6 is 0 Å². The number of aryl methyl sites for hydroxylation is 1. The Morgan fingerprint density at radius 2 is 1.85 bits per heavy atom. The summed E-state index contributed by atoms with van der Waals surface area (Å²) in [7, 11) is 0. The van der Waals surface area contributed by atoms with Crippen LogP contribution in [-0.2, 0) is 16.1 Å². The second-order valence-electron chi connectivity index (χ2n) is 5.96. The summed E-state index contributed by atoms with van der Waals surface area (Å²) >= 11 is 0. The van der Waals surface area contributed by atoms with E-state index in [0.717, 1.165) is 16.9 Å². The van der Waals surface area contributed by atoms with Crippen molar-refractivity contribution in [3.05, 3.63) is 59.9 Å². The highest BCUT2D eigenvalue weighted by molar-refractivity contribution is 5.78. The fourth-order valence-electron chi connectivity index (χ4n) is 2.33. The van der Waals surface area contributed by atoms with E-state index >= 15 is 0 Å². The molecule has 1 aromatic heterocycles. The second-order valence-corrected chi connectivity index (χ2v) is 5.96. The van der Waals surface area contributed by atoms with Gasteiger partial charge in [-0.25, -0.2) is 0 Å². The summed E-state index contributed by atoms with van der Waals surface area (Å²) in [6.07, 6.45) is 4.66. The lowest BCUT2D eigenvalue weighted by atomic mass is 10.2. The number of carbonyl (C=O) groups is 2.